The van der Waals surface area contributed by atoms with Crippen molar-refractivity contribution in [1.82, 2.24) is 9.97 Å². The van der Waals surface area contributed by atoms with E-state index in [9.17, 15) is 4.79 Å². The standard InChI is InChI=1S/C18H24N4O/c1-11(2)8-20-16-10-19-15(9-21-16)18(23)22-17-13(4)6-12(3)7-14(17)5/h6-7,9-11H,8H2,1-5H3,(H,20,21)(H,22,23). The second-order valence-corrected chi connectivity index (χ2v) is 6.29. The third kappa shape index (κ3) is 4.52. The first-order valence-electron chi connectivity index (χ1n) is 7.82. The molecule has 122 valence electrons. The van der Waals surface area contributed by atoms with Gasteiger partial charge in [-0.1, -0.05) is 31.5 Å². The summed E-state index contributed by atoms with van der Waals surface area (Å²) in [7, 11) is 0. The van der Waals surface area contributed by atoms with Crippen molar-refractivity contribution in [3.05, 3.63) is 46.9 Å². The lowest BCUT2D eigenvalue weighted by atomic mass is 10.1. The van der Waals surface area contributed by atoms with E-state index in [4.69, 9.17) is 0 Å². The smallest absolute Gasteiger partial charge is 0.275 e. The van der Waals surface area contributed by atoms with Gasteiger partial charge in [-0.25, -0.2) is 9.97 Å². The molecular weight excluding hydrogens is 288 g/mol. The predicted molar refractivity (Wildman–Crippen MR) is 94.0 cm³/mol. The van der Waals surface area contributed by atoms with E-state index in [1.165, 1.54) is 11.8 Å². The number of rotatable bonds is 5. The van der Waals surface area contributed by atoms with E-state index in [1.54, 1.807) is 6.20 Å². The Morgan fingerprint density at radius 1 is 1.09 bits per heavy atom. The summed E-state index contributed by atoms with van der Waals surface area (Å²) in [6.07, 6.45) is 3.09. The van der Waals surface area contributed by atoms with Crippen LogP contribution in [0.3, 0.4) is 0 Å². The molecular formula is C18H24N4O. The van der Waals surface area contributed by atoms with Crippen LogP contribution in [0, 0.1) is 26.7 Å². The van der Waals surface area contributed by atoms with Gasteiger partial charge < -0.3 is 10.6 Å². The number of hydrogen-bond acceptors (Lipinski definition) is 4. The fraction of sp³-hybridized carbons (Fsp3) is 0.389. The molecule has 0 fully saturated rings. The molecule has 0 atom stereocenters. The lowest BCUT2D eigenvalue weighted by molar-refractivity contribution is 0.102. The number of amides is 1. The molecule has 0 spiro atoms. The number of aryl methyl sites for hydroxylation is 3. The van der Waals surface area contributed by atoms with Crippen LogP contribution >= 0.6 is 0 Å². The molecule has 1 amide bonds. The molecule has 0 aliphatic rings. The Bertz CT molecular complexity index is 670. The molecule has 2 rings (SSSR count). The van der Waals surface area contributed by atoms with E-state index in [0.717, 1.165) is 23.4 Å². The second kappa shape index (κ2) is 7.22. The van der Waals surface area contributed by atoms with Gasteiger partial charge in [0.1, 0.15) is 11.5 Å². The summed E-state index contributed by atoms with van der Waals surface area (Å²) in [6.45, 7) is 11.1. The molecule has 0 saturated heterocycles. The third-order valence-electron chi connectivity index (χ3n) is 3.49. The molecule has 1 aromatic carbocycles. The van der Waals surface area contributed by atoms with E-state index < -0.39 is 0 Å². The van der Waals surface area contributed by atoms with Crippen molar-refractivity contribution < 1.29 is 4.79 Å². The first-order valence-corrected chi connectivity index (χ1v) is 7.82. The fourth-order valence-corrected chi connectivity index (χ4v) is 2.40. The maximum Gasteiger partial charge on any atom is 0.275 e. The van der Waals surface area contributed by atoms with Crippen LogP contribution in [0.2, 0.25) is 0 Å². The zero-order valence-electron chi connectivity index (χ0n) is 14.4. The van der Waals surface area contributed by atoms with Gasteiger partial charge in [0.25, 0.3) is 5.91 Å². The average Bonchev–Trinajstić information content (AvgIpc) is 2.49. The summed E-state index contributed by atoms with van der Waals surface area (Å²) in [5, 5.41) is 6.11. The molecule has 1 heterocycles. The van der Waals surface area contributed by atoms with Crippen LogP contribution in [0.5, 0.6) is 0 Å². The molecule has 0 bridgehead atoms. The number of benzene rings is 1. The van der Waals surface area contributed by atoms with Gasteiger partial charge in [0.2, 0.25) is 0 Å². The van der Waals surface area contributed by atoms with Crippen LogP contribution in [0.25, 0.3) is 0 Å². The summed E-state index contributed by atoms with van der Waals surface area (Å²) < 4.78 is 0. The predicted octanol–water partition coefficient (Wildman–Crippen LogP) is 3.72. The van der Waals surface area contributed by atoms with E-state index in [2.05, 4.69) is 34.4 Å². The van der Waals surface area contributed by atoms with Crippen molar-refractivity contribution in [3.8, 4) is 0 Å². The lowest BCUT2D eigenvalue weighted by Gasteiger charge is -2.13. The molecule has 0 aliphatic heterocycles. The quantitative estimate of drug-likeness (QED) is 0.883. The number of nitrogens with zero attached hydrogens (tertiary/aromatic N) is 2. The highest BCUT2D eigenvalue weighted by Gasteiger charge is 2.12. The monoisotopic (exact) mass is 312 g/mol. The van der Waals surface area contributed by atoms with Crippen LogP contribution in [-0.2, 0) is 0 Å². The Labute approximate surface area is 137 Å². The normalized spacial score (nSPS) is 10.7. The van der Waals surface area contributed by atoms with Gasteiger partial charge in [0.05, 0.1) is 12.4 Å². The average molecular weight is 312 g/mol. The van der Waals surface area contributed by atoms with Crippen LogP contribution in [0.15, 0.2) is 24.5 Å². The number of nitrogens with one attached hydrogen (secondary N) is 2. The van der Waals surface area contributed by atoms with Crippen LogP contribution in [-0.4, -0.2) is 22.4 Å². The van der Waals surface area contributed by atoms with Gasteiger partial charge in [0, 0.05) is 12.2 Å². The van der Waals surface area contributed by atoms with Gasteiger partial charge in [-0.15, -0.1) is 0 Å². The van der Waals surface area contributed by atoms with Gasteiger partial charge in [-0.3, -0.25) is 4.79 Å². The van der Waals surface area contributed by atoms with Crippen LogP contribution < -0.4 is 10.6 Å². The van der Waals surface area contributed by atoms with Gasteiger partial charge >= 0.3 is 0 Å². The van der Waals surface area contributed by atoms with E-state index in [0.29, 0.717) is 17.4 Å². The molecule has 0 aliphatic carbocycles. The Kier molecular flexibility index (Phi) is 5.32. The first-order chi connectivity index (χ1) is 10.9. The highest BCUT2D eigenvalue weighted by Crippen LogP contribution is 2.22. The van der Waals surface area contributed by atoms with Gasteiger partial charge in [-0.2, -0.15) is 0 Å². The zero-order chi connectivity index (χ0) is 17.0. The topological polar surface area (TPSA) is 66.9 Å². The van der Waals surface area contributed by atoms with Crippen molar-refractivity contribution in [2.45, 2.75) is 34.6 Å². The number of carbonyl (C=O) groups excluding carboxylic acids is 1. The van der Waals surface area contributed by atoms with Gasteiger partial charge in [-0.05, 0) is 37.8 Å². The highest BCUT2D eigenvalue weighted by molar-refractivity contribution is 6.03. The van der Waals surface area contributed by atoms with Crippen molar-refractivity contribution >= 4 is 17.4 Å². The van der Waals surface area contributed by atoms with Crippen molar-refractivity contribution in [2.24, 2.45) is 5.92 Å². The fourth-order valence-electron chi connectivity index (χ4n) is 2.40. The van der Waals surface area contributed by atoms with E-state index in [1.807, 2.05) is 32.9 Å². The van der Waals surface area contributed by atoms with Crippen molar-refractivity contribution in [2.75, 3.05) is 17.2 Å². The minimum absolute atomic E-state index is 0.247. The van der Waals surface area contributed by atoms with E-state index >= 15 is 0 Å². The number of carbonyl (C=O) groups is 1. The molecule has 5 heteroatoms. The minimum Gasteiger partial charge on any atom is -0.369 e. The Hall–Kier alpha value is -2.43. The molecule has 2 aromatic rings. The Balaban J connectivity index is 2.09. The molecule has 0 radical (unpaired) electrons. The largest absolute Gasteiger partial charge is 0.369 e. The summed E-state index contributed by atoms with van der Waals surface area (Å²) in [6, 6.07) is 4.10. The molecule has 1 aromatic heterocycles. The van der Waals surface area contributed by atoms with Crippen molar-refractivity contribution in [1.29, 1.82) is 0 Å². The minimum atomic E-state index is -0.247. The summed E-state index contributed by atoms with van der Waals surface area (Å²) in [5.41, 5.74) is 4.40. The lowest BCUT2D eigenvalue weighted by Crippen LogP contribution is -2.16. The maximum atomic E-state index is 12.3. The molecule has 23 heavy (non-hydrogen) atoms. The van der Waals surface area contributed by atoms with Crippen LogP contribution in [0.4, 0.5) is 11.5 Å². The highest BCUT2D eigenvalue weighted by atomic mass is 16.1. The summed E-state index contributed by atoms with van der Waals surface area (Å²) in [5.74, 6) is 0.952. The third-order valence-corrected chi connectivity index (χ3v) is 3.49. The SMILES string of the molecule is Cc1cc(C)c(NC(=O)c2cnc(NCC(C)C)cn2)c(C)c1. The molecule has 0 unspecified atom stereocenters. The second-order valence-electron chi connectivity index (χ2n) is 6.29. The van der Waals surface area contributed by atoms with Crippen LogP contribution in [0.1, 0.15) is 41.0 Å². The van der Waals surface area contributed by atoms with Crippen molar-refractivity contribution in [3.63, 3.8) is 0 Å². The summed E-state index contributed by atoms with van der Waals surface area (Å²) in [4.78, 5) is 20.8. The Morgan fingerprint density at radius 2 is 1.74 bits per heavy atom. The number of aromatic nitrogens is 2. The number of anilines is 2. The van der Waals surface area contributed by atoms with E-state index in [-0.39, 0.29) is 5.91 Å². The molecule has 5 nitrogen and oxygen atoms in total. The summed E-state index contributed by atoms with van der Waals surface area (Å²) >= 11 is 0. The maximum absolute atomic E-state index is 12.3. The Morgan fingerprint density at radius 3 is 2.26 bits per heavy atom. The number of hydrogen-bond donors (Lipinski definition) is 2. The zero-order valence-corrected chi connectivity index (χ0v) is 14.4. The first kappa shape index (κ1) is 16.9. The van der Waals surface area contributed by atoms with Gasteiger partial charge in [0.15, 0.2) is 0 Å². The molecule has 2 N–H and O–H groups in total. The molecule has 0 saturated carbocycles.